The highest BCUT2D eigenvalue weighted by molar-refractivity contribution is 7.89. The molecule has 1 aromatic heterocycles. The van der Waals surface area contributed by atoms with Gasteiger partial charge in [-0.1, -0.05) is 17.7 Å². The van der Waals surface area contributed by atoms with Crippen LogP contribution in [0.3, 0.4) is 0 Å². The second-order valence-corrected chi connectivity index (χ2v) is 8.95. The van der Waals surface area contributed by atoms with Crippen molar-refractivity contribution < 1.29 is 28.2 Å². The Hall–Kier alpha value is -2.27. The summed E-state index contributed by atoms with van der Waals surface area (Å²) in [6.45, 7) is 5.53. The smallest absolute Gasteiger partial charge is 0.414 e. The molecule has 28 heavy (non-hydrogen) atoms. The predicted molar refractivity (Wildman–Crippen MR) is 105 cm³/mol. The molecular weight excluding hydrogens is 404 g/mol. The first-order valence-electron chi connectivity index (χ1n) is 8.46. The second kappa shape index (κ2) is 9.78. The maximum Gasteiger partial charge on any atom is 0.414 e. The highest BCUT2D eigenvalue weighted by Gasteiger charge is 2.28. The third kappa shape index (κ3) is 6.13. The number of aliphatic carboxylic acids is 2. The van der Waals surface area contributed by atoms with Gasteiger partial charge in [0.05, 0.1) is 4.90 Å². The van der Waals surface area contributed by atoms with E-state index >= 15 is 0 Å². The Bertz CT molecular complexity index is 875. The van der Waals surface area contributed by atoms with Crippen molar-refractivity contribution in [2.75, 3.05) is 26.2 Å². The predicted octanol–water partition coefficient (Wildman–Crippen LogP) is 1.72. The van der Waals surface area contributed by atoms with Gasteiger partial charge in [0.15, 0.2) is 0 Å². The minimum atomic E-state index is -3.36. The molecule has 10 heteroatoms. The van der Waals surface area contributed by atoms with Gasteiger partial charge in [-0.3, -0.25) is 4.90 Å². The summed E-state index contributed by atoms with van der Waals surface area (Å²) in [6.07, 6.45) is 0. The lowest BCUT2D eigenvalue weighted by Gasteiger charge is -2.33. The molecule has 1 aliphatic heterocycles. The maximum atomic E-state index is 12.6. The minimum absolute atomic E-state index is 0.393. The lowest BCUT2D eigenvalue weighted by molar-refractivity contribution is -0.159. The van der Waals surface area contributed by atoms with Crippen molar-refractivity contribution in [1.29, 1.82) is 0 Å². The Morgan fingerprint density at radius 3 is 2.04 bits per heavy atom. The lowest BCUT2D eigenvalue weighted by atomic mass is 10.2. The first kappa shape index (κ1) is 22.0. The van der Waals surface area contributed by atoms with Gasteiger partial charge in [-0.2, -0.15) is 15.6 Å². The van der Waals surface area contributed by atoms with Crippen LogP contribution in [0.5, 0.6) is 0 Å². The number of rotatable bonds is 4. The van der Waals surface area contributed by atoms with Gasteiger partial charge in [-0.05, 0) is 41.4 Å². The molecular formula is C18H22N2O6S2. The van der Waals surface area contributed by atoms with Gasteiger partial charge in [0.1, 0.15) is 0 Å². The molecule has 3 rings (SSSR count). The van der Waals surface area contributed by atoms with E-state index in [0.29, 0.717) is 18.0 Å². The van der Waals surface area contributed by atoms with Crippen molar-refractivity contribution in [2.24, 2.45) is 0 Å². The Morgan fingerprint density at radius 1 is 1.00 bits per heavy atom. The molecule has 0 amide bonds. The maximum absolute atomic E-state index is 12.6. The summed E-state index contributed by atoms with van der Waals surface area (Å²) >= 11 is 1.70. The molecule has 1 saturated heterocycles. The van der Waals surface area contributed by atoms with Gasteiger partial charge in [0, 0.05) is 32.7 Å². The third-order valence-electron chi connectivity index (χ3n) is 4.16. The molecule has 8 nitrogen and oxygen atoms in total. The summed E-state index contributed by atoms with van der Waals surface area (Å²) in [4.78, 5) is 20.9. The minimum Gasteiger partial charge on any atom is -0.473 e. The molecule has 0 spiro atoms. The van der Waals surface area contributed by atoms with Gasteiger partial charge < -0.3 is 10.2 Å². The van der Waals surface area contributed by atoms with Crippen LogP contribution in [0.2, 0.25) is 0 Å². The van der Waals surface area contributed by atoms with Crippen LogP contribution in [0.25, 0.3) is 0 Å². The normalized spacial score (nSPS) is 15.5. The van der Waals surface area contributed by atoms with E-state index in [-0.39, 0.29) is 0 Å². The van der Waals surface area contributed by atoms with Crippen molar-refractivity contribution in [1.82, 2.24) is 9.21 Å². The largest absolute Gasteiger partial charge is 0.473 e. The molecule has 0 atom stereocenters. The van der Waals surface area contributed by atoms with Crippen LogP contribution in [0.4, 0.5) is 0 Å². The van der Waals surface area contributed by atoms with E-state index in [0.717, 1.165) is 25.2 Å². The highest BCUT2D eigenvalue weighted by Crippen LogP contribution is 2.19. The van der Waals surface area contributed by atoms with Crippen LogP contribution in [0.15, 0.2) is 46.0 Å². The fourth-order valence-corrected chi connectivity index (χ4v) is 4.71. The molecule has 0 saturated carbocycles. The van der Waals surface area contributed by atoms with Gasteiger partial charge in [-0.25, -0.2) is 18.0 Å². The van der Waals surface area contributed by atoms with Crippen molar-refractivity contribution in [3.8, 4) is 0 Å². The molecule has 2 N–H and O–H groups in total. The number of sulfonamides is 1. The van der Waals surface area contributed by atoms with E-state index < -0.39 is 22.0 Å². The van der Waals surface area contributed by atoms with E-state index in [4.69, 9.17) is 19.8 Å². The molecule has 0 radical (unpaired) electrons. The third-order valence-corrected chi connectivity index (χ3v) is 6.80. The summed E-state index contributed by atoms with van der Waals surface area (Å²) < 4.78 is 26.9. The number of nitrogens with zero attached hydrogens (tertiary/aromatic N) is 2. The Kier molecular flexibility index (Phi) is 7.69. The number of hydrogen-bond acceptors (Lipinski definition) is 6. The Balaban J connectivity index is 0.000000409. The molecule has 152 valence electrons. The van der Waals surface area contributed by atoms with Gasteiger partial charge >= 0.3 is 11.9 Å². The van der Waals surface area contributed by atoms with Gasteiger partial charge in [0.2, 0.25) is 10.0 Å². The van der Waals surface area contributed by atoms with E-state index in [9.17, 15) is 8.42 Å². The van der Waals surface area contributed by atoms with E-state index in [1.807, 2.05) is 19.1 Å². The zero-order valence-electron chi connectivity index (χ0n) is 15.3. The number of carboxylic acids is 2. The van der Waals surface area contributed by atoms with E-state index in [1.165, 1.54) is 5.56 Å². The fourth-order valence-electron chi connectivity index (χ4n) is 2.63. The monoisotopic (exact) mass is 426 g/mol. The fraction of sp³-hybridized carbons (Fsp3) is 0.333. The van der Waals surface area contributed by atoms with Crippen molar-refractivity contribution in [3.05, 3.63) is 52.2 Å². The first-order chi connectivity index (χ1) is 13.2. The number of carbonyl (C=O) groups is 2. The molecule has 2 aromatic rings. The number of hydrogen-bond donors (Lipinski definition) is 2. The van der Waals surface area contributed by atoms with Crippen LogP contribution >= 0.6 is 11.3 Å². The van der Waals surface area contributed by atoms with Crippen LogP contribution in [-0.2, 0) is 26.2 Å². The average Bonchev–Trinajstić information content (AvgIpc) is 3.16. The van der Waals surface area contributed by atoms with Crippen LogP contribution in [0, 0.1) is 6.92 Å². The summed E-state index contributed by atoms with van der Waals surface area (Å²) in [7, 11) is -3.36. The summed E-state index contributed by atoms with van der Waals surface area (Å²) in [5.41, 5.74) is 2.37. The van der Waals surface area contributed by atoms with Crippen molar-refractivity contribution in [2.45, 2.75) is 18.4 Å². The number of aryl methyl sites for hydroxylation is 1. The highest BCUT2D eigenvalue weighted by atomic mass is 32.2. The molecule has 0 unspecified atom stereocenters. The number of piperazine rings is 1. The van der Waals surface area contributed by atoms with Crippen LogP contribution < -0.4 is 0 Å². The Labute approximate surface area is 167 Å². The molecule has 1 aliphatic rings. The zero-order valence-corrected chi connectivity index (χ0v) is 16.9. The topological polar surface area (TPSA) is 115 Å². The number of carboxylic acid groups (broad SMARTS) is 2. The average molecular weight is 427 g/mol. The van der Waals surface area contributed by atoms with Gasteiger partial charge in [0.25, 0.3) is 0 Å². The quantitative estimate of drug-likeness (QED) is 0.715. The van der Waals surface area contributed by atoms with E-state index in [2.05, 4.69) is 21.7 Å². The SMILES string of the molecule is Cc1ccc(S(=O)(=O)N2CCN(Cc3ccsc3)CC2)cc1.O=C(O)C(=O)O. The Morgan fingerprint density at radius 2 is 1.57 bits per heavy atom. The summed E-state index contributed by atoms with van der Waals surface area (Å²) in [5.74, 6) is -3.65. The lowest BCUT2D eigenvalue weighted by Crippen LogP contribution is -2.48. The van der Waals surface area contributed by atoms with Crippen molar-refractivity contribution in [3.63, 3.8) is 0 Å². The van der Waals surface area contributed by atoms with Crippen LogP contribution in [-0.4, -0.2) is 66.0 Å². The molecule has 2 heterocycles. The summed E-state index contributed by atoms with van der Waals surface area (Å²) in [5, 5.41) is 19.0. The first-order valence-corrected chi connectivity index (χ1v) is 10.8. The number of benzene rings is 1. The van der Waals surface area contributed by atoms with Crippen molar-refractivity contribution >= 4 is 33.3 Å². The van der Waals surface area contributed by atoms with Crippen LogP contribution in [0.1, 0.15) is 11.1 Å². The molecule has 1 fully saturated rings. The standard InChI is InChI=1S/C16H20N2O2S2.C2H2O4/c1-14-2-4-16(5-3-14)22(19,20)18-9-7-17(8-10-18)12-15-6-11-21-13-15;3-1(4)2(5)6/h2-6,11,13H,7-10,12H2,1H3;(H,3,4)(H,5,6). The molecule has 0 bridgehead atoms. The summed E-state index contributed by atoms with van der Waals surface area (Å²) in [6, 6.07) is 9.21. The second-order valence-electron chi connectivity index (χ2n) is 6.24. The number of thiophene rings is 1. The molecule has 0 aliphatic carbocycles. The van der Waals surface area contributed by atoms with E-state index in [1.54, 1.807) is 27.8 Å². The molecule has 1 aromatic carbocycles. The van der Waals surface area contributed by atoms with Gasteiger partial charge in [-0.15, -0.1) is 0 Å². The zero-order chi connectivity index (χ0) is 20.7.